The molecule has 1 saturated heterocycles. The number of hydrogen-bond donors (Lipinski definition) is 1. The summed E-state index contributed by atoms with van der Waals surface area (Å²) in [5.74, 6) is 2.17. The molecule has 2 aromatic rings. The third-order valence-electron chi connectivity index (χ3n) is 5.27. The molecule has 1 fully saturated rings. The summed E-state index contributed by atoms with van der Waals surface area (Å²) in [6.07, 6.45) is 4.56. The molecule has 24 heavy (non-hydrogen) atoms. The summed E-state index contributed by atoms with van der Waals surface area (Å²) in [6.45, 7) is 8.07. The summed E-state index contributed by atoms with van der Waals surface area (Å²) in [5.41, 5.74) is 5.04. The molecule has 0 radical (unpaired) electrons. The van der Waals surface area contributed by atoms with E-state index in [1.807, 2.05) is 6.20 Å². The van der Waals surface area contributed by atoms with E-state index in [0.29, 0.717) is 6.61 Å². The molecule has 0 amide bonds. The number of ether oxygens (including phenoxy) is 1. The molecule has 1 N–H and O–H groups in total. The molecule has 4 nitrogen and oxygen atoms in total. The molecule has 0 unspecified atom stereocenters. The van der Waals surface area contributed by atoms with Gasteiger partial charge in [0.2, 0.25) is 0 Å². The fraction of sp³-hybridized carbons (Fsp3) is 0.450. The number of rotatable bonds is 4. The minimum atomic E-state index is 0.262. The molecule has 1 aromatic heterocycles. The van der Waals surface area contributed by atoms with Gasteiger partial charge >= 0.3 is 0 Å². The van der Waals surface area contributed by atoms with Crippen molar-refractivity contribution in [3.05, 3.63) is 52.7 Å². The predicted molar refractivity (Wildman–Crippen MR) is 96.7 cm³/mol. The number of hydrogen-bond acceptors (Lipinski definition) is 4. The number of fused-ring (bicyclic) bond motifs is 1. The van der Waals surface area contributed by atoms with E-state index in [4.69, 9.17) is 4.74 Å². The van der Waals surface area contributed by atoms with Crippen molar-refractivity contribution in [3.8, 4) is 5.75 Å². The van der Waals surface area contributed by atoms with E-state index in [9.17, 15) is 0 Å². The van der Waals surface area contributed by atoms with Crippen LogP contribution in [-0.4, -0.2) is 24.7 Å². The van der Waals surface area contributed by atoms with Crippen molar-refractivity contribution in [1.29, 1.82) is 0 Å². The fourth-order valence-electron chi connectivity index (χ4n) is 3.60. The topological polar surface area (TPSA) is 37.4 Å². The number of aromatic nitrogens is 1. The highest BCUT2D eigenvalue weighted by Gasteiger charge is 2.25. The van der Waals surface area contributed by atoms with Gasteiger partial charge in [-0.2, -0.15) is 0 Å². The van der Waals surface area contributed by atoms with Crippen LogP contribution in [0.15, 0.2) is 30.5 Å². The van der Waals surface area contributed by atoms with Gasteiger partial charge in [0, 0.05) is 31.4 Å². The minimum Gasteiger partial charge on any atom is -0.491 e. The molecule has 126 valence electrons. The largest absolute Gasteiger partial charge is 0.491 e. The smallest absolute Gasteiger partial charge is 0.128 e. The number of nitrogens with zero attached hydrogens (tertiary/aromatic N) is 2. The summed E-state index contributed by atoms with van der Waals surface area (Å²) in [7, 11) is 0. The summed E-state index contributed by atoms with van der Waals surface area (Å²) in [6, 6.07) is 8.97. The molecule has 4 heteroatoms. The van der Waals surface area contributed by atoms with Crippen molar-refractivity contribution in [3.63, 3.8) is 0 Å². The maximum Gasteiger partial charge on any atom is 0.128 e. The van der Waals surface area contributed by atoms with E-state index in [2.05, 4.69) is 53.3 Å². The van der Waals surface area contributed by atoms with Crippen LogP contribution in [0.1, 0.15) is 41.1 Å². The minimum absolute atomic E-state index is 0.262. The first-order valence-electron chi connectivity index (χ1n) is 8.88. The Morgan fingerprint density at radius 1 is 1.17 bits per heavy atom. The molecule has 2 aliphatic heterocycles. The van der Waals surface area contributed by atoms with Gasteiger partial charge in [-0.05, 0) is 49.4 Å². The monoisotopic (exact) mass is 323 g/mol. The maximum absolute atomic E-state index is 5.91. The Kier molecular flexibility index (Phi) is 4.15. The fourth-order valence-corrected chi connectivity index (χ4v) is 3.60. The van der Waals surface area contributed by atoms with E-state index >= 15 is 0 Å². The van der Waals surface area contributed by atoms with Crippen LogP contribution >= 0.6 is 0 Å². The Morgan fingerprint density at radius 3 is 2.75 bits per heavy atom. The third-order valence-corrected chi connectivity index (χ3v) is 5.27. The van der Waals surface area contributed by atoms with Crippen LogP contribution in [0, 0.1) is 13.8 Å². The van der Waals surface area contributed by atoms with E-state index < -0.39 is 0 Å². The molecule has 0 spiro atoms. The first kappa shape index (κ1) is 15.5. The van der Waals surface area contributed by atoms with E-state index in [1.54, 1.807) is 0 Å². The molecule has 1 atom stereocenters. The van der Waals surface area contributed by atoms with E-state index in [0.717, 1.165) is 31.2 Å². The molecule has 3 heterocycles. The van der Waals surface area contributed by atoms with Gasteiger partial charge in [0.1, 0.15) is 18.2 Å². The second-order valence-corrected chi connectivity index (χ2v) is 6.89. The molecular formula is C20H25N3O. The van der Waals surface area contributed by atoms with Crippen LogP contribution in [0.25, 0.3) is 0 Å². The van der Waals surface area contributed by atoms with Crippen LogP contribution < -0.4 is 15.0 Å². The maximum atomic E-state index is 5.91. The lowest BCUT2D eigenvalue weighted by molar-refractivity contribution is 0.309. The van der Waals surface area contributed by atoms with Gasteiger partial charge in [-0.1, -0.05) is 18.2 Å². The lowest BCUT2D eigenvalue weighted by Gasteiger charge is -2.17. The zero-order chi connectivity index (χ0) is 16.5. The molecule has 2 aliphatic rings. The lowest BCUT2D eigenvalue weighted by Crippen LogP contribution is -2.22. The lowest BCUT2D eigenvalue weighted by atomic mass is 10.0. The molecule has 0 saturated carbocycles. The summed E-state index contributed by atoms with van der Waals surface area (Å²) in [4.78, 5) is 7.00. The van der Waals surface area contributed by atoms with Crippen LogP contribution in [-0.2, 0) is 6.54 Å². The van der Waals surface area contributed by atoms with Gasteiger partial charge in [0.15, 0.2) is 0 Å². The Morgan fingerprint density at radius 2 is 2.00 bits per heavy atom. The van der Waals surface area contributed by atoms with Gasteiger partial charge < -0.3 is 15.0 Å². The van der Waals surface area contributed by atoms with Crippen LogP contribution in [0.3, 0.4) is 0 Å². The molecule has 1 aromatic carbocycles. The number of anilines is 1. The first-order valence-corrected chi connectivity index (χ1v) is 8.88. The standard InChI is InChI=1S/C20H25N3O/c1-14-5-7-17-18(13-24-20(17)15(14)2)21-11-16-6-8-19(22-12-16)23-9-3-4-10-23/h5-8,12,18,21H,3-4,9-11,13H2,1-2H3/t18-/m1/s1. The zero-order valence-electron chi connectivity index (χ0n) is 14.5. The average Bonchev–Trinajstić information content (AvgIpc) is 3.27. The average molecular weight is 323 g/mol. The number of pyridine rings is 1. The van der Waals surface area contributed by atoms with Gasteiger partial charge in [-0.25, -0.2) is 4.98 Å². The van der Waals surface area contributed by atoms with Crippen molar-refractivity contribution in [2.24, 2.45) is 0 Å². The van der Waals surface area contributed by atoms with Crippen LogP contribution in [0.2, 0.25) is 0 Å². The number of aryl methyl sites for hydroxylation is 1. The SMILES string of the molecule is Cc1ccc2c(c1C)OC[C@H]2NCc1ccc(N2CCCC2)nc1. The number of benzene rings is 1. The summed E-state index contributed by atoms with van der Waals surface area (Å²) in [5, 5.41) is 3.61. The van der Waals surface area contributed by atoms with Crippen molar-refractivity contribution in [2.75, 3.05) is 24.6 Å². The quantitative estimate of drug-likeness (QED) is 0.934. The van der Waals surface area contributed by atoms with Gasteiger partial charge in [-0.3, -0.25) is 0 Å². The molecular weight excluding hydrogens is 298 g/mol. The predicted octanol–water partition coefficient (Wildman–Crippen LogP) is 3.52. The second-order valence-electron chi connectivity index (χ2n) is 6.89. The van der Waals surface area contributed by atoms with E-state index in [1.165, 1.54) is 35.1 Å². The third kappa shape index (κ3) is 2.86. The Hall–Kier alpha value is -2.07. The summed E-state index contributed by atoms with van der Waals surface area (Å²) < 4.78 is 5.91. The Labute approximate surface area is 143 Å². The Bertz CT molecular complexity index is 720. The van der Waals surface area contributed by atoms with Crippen molar-refractivity contribution >= 4 is 5.82 Å². The van der Waals surface area contributed by atoms with Crippen molar-refractivity contribution in [1.82, 2.24) is 10.3 Å². The van der Waals surface area contributed by atoms with Crippen molar-refractivity contribution in [2.45, 2.75) is 39.3 Å². The highest BCUT2D eigenvalue weighted by Crippen LogP contribution is 2.36. The van der Waals surface area contributed by atoms with Crippen LogP contribution in [0.4, 0.5) is 5.82 Å². The van der Waals surface area contributed by atoms with E-state index in [-0.39, 0.29) is 6.04 Å². The highest BCUT2D eigenvalue weighted by molar-refractivity contribution is 5.49. The molecule has 0 bridgehead atoms. The molecule has 0 aliphatic carbocycles. The zero-order valence-corrected chi connectivity index (χ0v) is 14.5. The van der Waals surface area contributed by atoms with Crippen LogP contribution in [0.5, 0.6) is 5.75 Å². The first-order chi connectivity index (χ1) is 11.7. The second kappa shape index (κ2) is 6.44. The van der Waals surface area contributed by atoms with Gasteiger partial charge in [0.05, 0.1) is 6.04 Å². The van der Waals surface area contributed by atoms with Gasteiger partial charge in [-0.15, -0.1) is 0 Å². The Balaban J connectivity index is 1.40. The van der Waals surface area contributed by atoms with Gasteiger partial charge in [0.25, 0.3) is 0 Å². The summed E-state index contributed by atoms with van der Waals surface area (Å²) >= 11 is 0. The normalized spacial score (nSPS) is 19.4. The number of nitrogens with one attached hydrogen (secondary N) is 1. The molecule has 4 rings (SSSR count). The van der Waals surface area contributed by atoms with Crippen molar-refractivity contribution < 1.29 is 4.74 Å². The highest BCUT2D eigenvalue weighted by atomic mass is 16.5.